The van der Waals surface area contributed by atoms with Crippen LogP contribution in [0.4, 0.5) is 11.6 Å². The second-order valence-electron chi connectivity index (χ2n) is 5.47. The molecule has 0 aromatic carbocycles. The number of hydrogen-bond donors (Lipinski definition) is 3. The molecule has 5 nitrogen and oxygen atoms in total. The van der Waals surface area contributed by atoms with Gasteiger partial charge in [0, 0.05) is 25.1 Å². The third-order valence-electron chi connectivity index (χ3n) is 2.75. The van der Waals surface area contributed by atoms with E-state index in [1.807, 2.05) is 13.0 Å². The van der Waals surface area contributed by atoms with E-state index in [0.717, 1.165) is 24.0 Å². The zero-order valence-electron chi connectivity index (χ0n) is 11.3. The molecule has 18 heavy (non-hydrogen) atoms. The van der Waals surface area contributed by atoms with Gasteiger partial charge < -0.3 is 15.7 Å². The summed E-state index contributed by atoms with van der Waals surface area (Å²) in [6.07, 6.45) is 2.36. The summed E-state index contributed by atoms with van der Waals surface area (Å²) < 4.78 is 0. The second kappa shape index (κ2) is 5.10. The Balaban J connectivity index is 2.12. The first-order valence-electron chi connectivity index (χ1n) is 6.57. The maximum absolute atomic E-state index is 9.72. The van der Waals surface area contributed by atoms with E-state index in [9.17, 15) is 5.11 Å². The molecule has 0 saturated heterocycles. The number of hydrogen-bond acceptors (Lipinski definition) is 5. The minimum Gasteiger partial charge on any atom is -0.389 e. The molecule has 0 radical (unpaired) electrons. The first kappa shape index (κ1) is 13.1. The molecule has 0 aliphatic heterocycles. The number of anilines is 2. The first-order valence-corrected chi connectivity index (χ1v) is 6.57. The van der Waals surface area contributed by atoms with E-state index in [4.69, 9.17) is 0 Å². The molecule has 3 N–H and O–H groups in total. The van der Waals surface area contributed by atoms with Crippen LogP contribution < -0.4 is 10.6 Å². The Morgan fingerprint density at radius 2 is 1.89 bits per heavy atom. The minimum atomic E-state index is -0.747. The molecule has 1 aromatic heterocycles. The highest BCUT2D eigenvalue weighted by Crippen LogP contribution is 2.38. The van der Waals surface area contributed by atoms with Gasteiger partial charge in [0.05, 0.1) is 5.60 Å². The van der Waals surface area contributed by atoms with Crippen molar-refractivity contribution in [1.82, 2.24) is 9.97 Å². The zero-order chi connectivity index (χ0) is 13.2. The fourth-order valence-corrected chi connectivity index (χ4v) is 1.66. The molecule has 1 aliphatic rings. The van der Waals surface area contributed by atoms with Crippen molar-refractivity contribution in [3.63, 3.8) is 0 Å². The van der Waals surface area contributed by atoms with Crippen LogP contribution in [0.5, 0.6) is 0 Å². The van der Waals surface area contributed by atoms with Crippen LogP contribution in [0.3, 0.4) is 0 Å². The summed E-state index contributed by atoms with van der Waals surface area (Å²) in [4.78, 5) is 9.01. The van der Waals surface area contributed by atoms with Crippen molar-refractivity contribution < 1.29 is 5.11 Å². The Kier molecular flexibility index (Phi) is 3.71. The Bertz CT molecular complexity index is 410. The van der Waals surface area contributed by atoms with Crippen molar-refractivity contribution in [2.45, 2.75) is 45.1 Å². The van der Waals surface area contributed by atoms with Gasteiger partial charge in [-0.3, -0.25) is 0 Å². The molecule has 0 spiro atoms. The predicted molar refractivity (Wildman–Crippen MR) is 73.0 cm³/mol. The van der Waals surface area contributed by atoms with E-state index in [1.165, 1.54) is 12.8 Å². The summed E-state index contributed by atoms with van der Waals surface area (Å²) in [5, 5.41) is 16.1. The van der Waals surface area contributed by atoms with Crippen LogP contribution in [-0.4, -0.2) is 33.8 Å². The number of aromatic nitrogens is 2. The van der Waals surface area contributed by atoms with Crippen LogP contribution in [0, 0.1) is 0 Å². The van der Waals surface area contributed by atoms with Gasteiger partial charge in [-0.25, -0.2) is 9.97 Å². The molecular weight excluding hydrogens is 228 g/mol. The molecule has 0 unspecified atom stereocenters. The molecule has 1 saturated carbocycles. The topological polar surface area (TPSA) is 70.1 Å². The van der Waals surface area contributed by atoms with Crippen molar-refractivity contribution in [2.24, 2.45) is 0 Å². The molecule has 1 aromatic rings. The SMILES string of the molecule is CCNc1cc(NCC(C)(C)O)nc(C2CC2)n1. The van der Waals surface area contributed by atoms with Crippen LogP contribution in [0.15, 0.2) is 6.07 Å². The highest BCUT2D eigenvalue weighted by Gasteiger charge is 2.27. The third kappa shape index (κ3) is 3.84. The van der Waals surface area contributed by atoms with E-state index in [1.54, 1.807) is 13.8 Å². The highest BCUT2D eigenvalue weighted by molar-refractivity contribution is 5.48. The van der Waals surface area contributed by atoms with Crippen LogP contribution in [0.25, 0.3) is 0 Å². The Morgan fingerprint density at radius 1 is 1.28 bits per heavy atom. The van der Waals surface area contributed by atoms with Gasteiger partial charge in [0.25, 0.3) is 0 Å². The standard InChI is InChI=1S/C13H22N4O/c1-4-14-10-7-11(15-8-13(2,3)18)17-12(16-10)9-5-6-9/h7,9,18H,4-6,8H2,1-3H3,(H2,14,15,16,17). The van der Waals surface area contributed by atoms with Crippen molar-refractivity contribution in [3.05, 3.63) is 11.9 Å². The van der Waals surface area contributed by atoms with E-state index in [2.05, 4.69) is 20.6 Å². The normalized spacial score (nSPS) is 15.6. The summed E-state index contributed by atoms with van der Waals surface area (Å²) in [5.41, 5.74) is -0.747. The average Bonchev–Trinajstić information content (AvgIpc) is 3.09. The number of nitrogens with one attached hydrogen (secondary N) is 2. The Hall–Kier alpha value is -1.36. The molecule has 1 heterocycles. The highest BCUT2D eigenvalue weighted by atomic mass is 16.3. The van der Waals surface area contributed by atoms with Gasteiger partial charge in [-0.2, -0.15) is 0 Å². The lowest BCUT2D eigenvalue weighted by atomic mass is 10.1. The smallest absolute Gasteiger partial charge is 0.136 e. The second-order valence-corrected chi connectivity index (χ2v) is 5.47. The van der Waals surface area contributed by atoms with Gasteiger partial charge in [-0.1, -0.05) is 0 Å². The summed E-state index contributed by atoms with van der Waals surface area (Å²) in [6.45, 7) is 6.90. The zero-order valence-corrected chi connectivity index (χ0v) is 11.3. The van der Waals surface area contributed by atoms with E-state index in [0.29, 0.717) is 12.5 Å². The van der Waals surface area contributed by atoms with Crippen LogP contribution >= 0.6 is 0 Å². The molecule has 1 fully saturated rings. The molecule has 100 valence electrons. The van der Waals surface area contributed by atoms with Gasteiger partial charge in [0.2, 0.25) is 0 Å². The first-order chi connectivity index (χ1) is 8.48. The van der Waals surface area contributed by atoms with Crippen LogP contribution in [-0.2, 0) is 0 Å². The lowest BCUT2D eigenvalue weighted by Crippen LogP contribution is -2.29. The summed E-state index contributed by atoms with van der Waals surface area (Å²) in [5.74, 6) is 3.07. The molecule has 0 amide bonds. The van der Waals surface area contributed by atoms with Gasteiger partial charge in [0.1, 0.15) is 17.5 Å². The number of nitrogens with zero attached hydrogens (tertiary/aromatic N) is 2. The van der Waals surface area contributed by atoms with Crippen LogP contribution in [0.2, 0.25) is 0 Å². The van der Waals surface area contributed by atoms with Crippen molar-refractivity contribution in [1.29, 1.82) is 0 Å². The molecule has 2 rings (SSSR count). The maximum atomic E-state index is 9.72. The van der Waals surface area contributed by atoms with Gasteiger partial charge >= 0.3 is 0 Å². The summed E-state index contributed by atoms with van der Waals surface area (Å²) >= 11 is 0. The fourth-order valence-electron chi connectivity index (χ4n) is 1.66. The number of aliphatic hydroxyl groups is 1. The molecule has 0 atom stereocenters. The van der Waals surface area contributed by atoms with E-state index < -0.39 is 5.60 Å². The monoisotopic (exact) mass is 250 g/mol. The summed E-state index contributed by atoms with van der Waals surface area (Å²) in [7, 11) is 0. The van der Waals surface area contributed by atoms with Crippen LogP contribution in [0.1, 0.15) is 45.4 Å². The van der Waals surface area contributed by atoms with Gasteiger partial charge in [0.15, 0.2) is 0 Å². The van der Waals surface area contributed by atoms with Gasteiger partial charge in [-0.05, 0) is 33.6 Å². The molecular formula is C13H22N4O. The third-order valence-corrected chi connectivity index (χ3v) is 2.75. The fraction of sp³-hybridized carbons (Fsp3) is 0.692. The average molecular weight is 250 g/mol. The minimum absolute atomic E-state index is 0.472. The van der Waals surface area contributed by atoms with E-state index in [-0.39, 0.29) is 0 Å². The van der Waals surface area contributed by atoms with Crippen molar-refractivity contribution in [3.8, 4) is 0 Å². The van der Waals surface area contributed by atoms with E-state index >= 15 is 0 Å². The Morgan fingerprint density at radius 3 is 2.39 bits per heavy atom. The predicted octanol–water partition coefficient (Wildman–Crippen LogP) is 1.97. The molecule has 0 bridgehead atoms. The number of rotatable bonds is 6. The maximum Gasteiger partial charge on any atom is 0.136 e. The van der Waals surface area contributed by atoms with Crippen molar-refractivity contribution in [2.75, 3.05) is 23.7 Å². The molecule has 1 aliphatic carbocycles. The Labute approximate surface area is 108 Å². The lowest BCUT2D eigenvalue weighted by Gasteiger charge is -2.18. The largest absolute Gasteiger partial charge is 0.389 e. The summed E-state index contributed by atoms with van der Waals surface area (Å²) in [6, 6.07) is 1.89. The molecule has 5 heteroatoms. The lowest BCUT2D eigenvalue weighted by molar-refractivity contribution is 0.0944. The quantitative estimate of drug-likeness (QED) is 0.720. The van der Waals surface area contributed by atoms with Gasteiger partial charge in [-0.15, -0.1) is 0 Å². The van der Waals surface area contributed by atoms with Crippen molar-refractivity contribution >= 4 is 11.6 Å².